The summed E-state index contributed by atoms with van der Waals surface area (Å²) in [5.41, 5.74) is 2.56. The van der Waals surface area contributed by atoms with Crippen molar-refractivity contribution < 1.29 is 5.11 Å². The first-order valence-electron chi connectivity index (χ1n) is 9.02. The Morgan fingerprint density at radius 1 is 0.800 bits per heavy atom. The monoisotopic (exact) mass is 332 g/mol. The van der Waals surface area contributed by atoms with Crippen molar-refractivity contribution in [2.45, 2.75) is 6.42 Å². The minimum atomic E-state index is 0.360. The van der Waals surface area contributed by atoms with E-state index >= 15 is 0 Å². The molecule has 0 aliphatic carbocycles. The molecule has 1 N–H and O–H groups in total. The smallest absolute Gasteiger partial charge is 0.115 e. The van der Waals surface area contributed by atoms with Crippen LogP contribution in [-0.4, -0.2) is 42.7 Å². The van der Waals surface area contributed by atoms with Crippen LogP contribution in [-0.2, 0) is 6.42 Å². The SMILES string of the molecule is Oc1cccc(CCN2CCN(c3cccc4ccccc34)CC2)c1. The third-order valence-electron chi connectivity index (χ3n) is 5.11. The standard InChI is InChI=1S/C22H24N2O/c25-20-8-3-5-18(17-20)11-12-23-13-15-24(16-14-23)22-10-4-7-19-6-1-2-9-21(19)22/h1-10,17,25H,11-16H2. The van der Waals surface area contributed by atoms with Crippen molar-refractivity contribution in [2.75, 3.05) is 37.6 Å². The summed E-state index contributed by atoms with van der Waals surface area (Å²) in [6, 6.07) is 22.8. The molecule has 1 saturated heterocycles. The fourth-order valence-electron chi connectivity index (χ4n) is 3.70. The second-order valence-corrected chi connectivity index (χ2v) is 6.75. The quantitative estimate of drug-likeness (QED) is 0.785. The summed E-state index contributed by atoms with van der Waals surface area (Å²) in [5, 5.41) is 12.2. The Kier molecular flexibility index (Phi) is 4.57. The Hall–Kier alpha value is -2.52. The zero-order valence-corrected chi connectivity index (χ0v) is 14.4. The van der Waals surface area contributed by atoms with Gasteiger partial charge in [-0.05, 0) is 35.6 Å². The molecule has 3 aromatic rings. The molecule has 0 saturated carbocycles. The highest BCUT2D eigenvalue weighted by Gasteiger charge is 2.18. The van der Waals surface area contributed by atoms with Crippen molar-refractivity contribution in [1.29, 1.82) is 0 Å². The summed E-state index contributed by atoms with van der Waals surface area (Å²) < 4.78 is 0. The average Bonchev–Trinajstić information content (AvgIpc) is 2.66. The van der Waals surface area contributed by atoms with E-state index in [1.54, 1.807) is 6.07 Å². The number of anilines is 1. The molecule has 3 heteroatoms. The average molecular weight is 332 g/mol. The van der Waals surface area contributed by atoms with Gasteiger partial charge >= 0.3 is 0 Å². The molecule has 128 valence electrons. The molecule has 1 fully saturated rings. The largest absolute Gasteiger partial charge is 0.508 e. The summed E-state index contributed by atoms with van der Waals surface area (Å²) in [7, 11) is 0. The topological polar surface area (TPSA) is 26.7 Å². The van der Waals surface area contributed by atoms with E-state index in [1.165, 1.54) is 22.0 Å². The first-order valence-corrected chi connectivity index (χ1v) is 9.02. The summed E-state index contributed by atoms with van der Waals surface area (Å²) in [4.78, 5) is 5.03. The van der Waals surface area contributed by atoms with Gasteiger partial charge in [-0.15, -0.1) is 0 Å². The molecule has 0 radical (unpaired) electrons. The van der Waals surface area contributed by atoms with E-state index in [1.807, 2.05) is 12.1 Å². The van der Waals surface area contributed by atoms with Crippen LogP contribution in [0, 0.1) is 0 Å². The molecule has 3 nitrogen and oxygen atoms in total. The molecule has 25 heavy (non-hydrogen) atoms. The Labute approximate surface area is 149 Å². The van der Waals surface area contributed by atoms with Crippen molar-refractivity contribution in [3.63, 3.8) is 0 Å². The van der Waals surface area contributed by atoms with E-state index < -0.39 is 0 Å². The first-order chi connectivity index (χ1) is 12.3. The van der Waals surface area contributed by atoms with Gasteiger partial charge in [0.2, 0.25) is 0 Å². The van der Waals surface area contributed by atoms with Crippen LogP contribution in [0.4, 0.5) is 5.69 Å². The highest BCUT2D eigenvalue weighted by Crippen LogP contribution is 2.27. The van der Waals surface area contributed by atoms with Gasteiger partial charge < -0.3 is 10.0 Å². The van der Waals surface area contributed by atoms with Gasteiger partial charge in [0.15, 0.2) is 0 Å². The molecular weight excluding hydrogens is 308 g/mol. The Morgan fingerprint density at radius 3 is 2.40 bits per heavy atom. The van der Waals surface area contributed by atoms with Crippen LogP contribution < -0.4 is 4.90 Å². The molecular formula is C22H24N2O. The lowest BCUT2D eigenvalue weighted by Crippen LogP contribution is -2.47. The molecule has 4 rings (SSSR count). The van der Waals surface area contributed by atoms with Crippen LogP contribution in [0.3, 0.4) is 0 Å². The minimum Gasteiger partial charge on any atom is -0.508 e. The minimum absolute atomic E-state index is 0.360. The first kappa shape index (κ1) is 16.0. The van der Waals surface area contributed by atoms with Crippen LogP contribution in [0.2, 0.25) is 0 Å². The zero-order chi connectivity index (χ0) is 17.1. The van der Waals surface area contributed by atoms with E-state index in [0.717, 1.165) is 39.1 Å². The fraction of sp³-hybridized carbons (Fsp3) is 0.273. The number of aromatic hydroxyl groups is 1. The number of piperazine rings is 1. The number of fused-ring (bicyclic) bond motifs is 1. The Balaban J connectivity index is 1.38. The second-order valence-electron chi connectivity index (χ2n) is 6.75. The van der Waals surface area contributed by atoms with E-state index in [2.05, 4.69) is 58.3 Å². The van der Waals surface area contributed by atoms with E-state index in [0.29, 0.717) is 5.75 Å². The van der Waals surface area contributed by atoms with Gasteiger partial charge in [-0.1, -0.05) is 48.5 Å². The van der Waals surface area contributed by atoms with Crippen molar-refractivity contribution in [1.82, 2.24) is 4.90 Å². The number of rotatable bonds is 4. The second kappa shape index (κ2) is 7.16. The van der Waals surface area contributed by atoms with Crippen LogP contribution in [0.25, 0.3) is 10.8 Å². The van der Waals surface area contributed by atoms with Crippen LogP contribution >= 0.6 is 0 Å². The lowest BCUT2D eigenvalue weighted by molar-refractivity contribution is 0.261. The van der Waals surface area contributed by atoms with E-state index in [9.17, 15) is 5.11 Å². The van der Waals surface area contributed by atoms with Crippen LogP contribution in [0.5, 0.6) is 5.75 Å². The van der Waals surface area contributed by atoms with Gasteiger partial charge in [-0.3, -0.25) is 4.90 Å². The van der Waals surface area contributed by atoms with Gasteiger partial charge in [0.25, 0.3) is 0 Å². The third-order valence-corrected chi connectivity index (χ3v) is 5.11. The number of hydrogen-bond acceptors (Lipinski definition) is 3. The van der Waals surface area contributed by atoms with Crippen molar-refractivity contribution in [3.05, 3.63) is 72.3 Å². The molecule has 1 aliphatic heterocycles. The maximum atomic E-state index is 9.58. The summed E-state index contributed by atoms with van der Waals surface area (Å²) >= 11 is 0. The number of phenols is 1. The van der Waals surface area contributed by atoms with Gasteiger partial charge in [-0.2, -0.15) is 0 Å². The lowest BCUT2D eigenvalue weighted by atomic mass is 10.1. The molecule has 0 bridgehead atoms. The van der Waals surface area contributed by atoms with Crippen LogP contribution in [0.1, 0.15) is 5.56 Å². The predicted molar refractivity (Wildman–Crippen MR) is 104 cm³/mol. The third kappa shape index (κ3) is 3.62. The molecule has 3 aromatic carbocycles. The van der Waals surface area contributed by atoms with Crippen LogP contribution in [0.15, 0.2) is 66.7 Å². The lowest BCUT2D eigenvalue weighted by Gasteiger charge is -2.36. The molecule has 0 aromatic heterocycles. The summed E-state index contributed by atoms with van der Waals surface area (Å²) in [6.45, 7) is 5.35. The predicted octanol–water partition coefficient (Wildman–Crippen LogP) is 3.91. The Morgan fingerprint density at radius 2 is 1.56 bits per heavy atom. The summed E-state index contributed by atoms with van der Waals surface area (Å²) in [6.07, 6.45) is 0.989. The highest BCUT2D eigenvalue weighted by atomic mass is 16.3. The molecule has 1 aliphatic rings. The number of hydrogen-bond donors (Lipinski definition) is 1. The fourth-order valence-corrected chi connectivity index (χ4v) is 3.70. The number of benzene rings is 3. The molecule has 0 amide bonds. The summed E-state index contributed by atoms with van der Waals surface area (Å²) in [5.74, 6) is 0.360. The van der Waals surface area contributed by atoms with Gasteiger partial charge in [0, 0.05) is 43.8 Å². The van der Waals surface area contributed by atoms with Crippen molar-refractivity contribution in [2.24, 2.45) is 0 Å². The Bertz CT molecular complexity index is 848. The van der Waals surface area contributed by atoms with E-state index in [4.69, 9.17) is 0 Å². The van der Waals surface area contributed by atoms with Gasteiger partial charge in [-0.25, -0.2) is 0 Å². The molecule has 0 atom stereocenters. The molecule has 0 unspecified atom stereocenters. The molecule has 0 spiro atoms. The maximum absolute atomic E-state index is 9.58. The maximum Gasteiger partial charge on any atom is 0.115 e. The number of phenolic OH excluding ortho intramolecular Hbond substituents is 1. The van der Waals surface area contributed by atoms with Gasteiger partial charge in [0.1, 0.15) is 5.75 Å². The molecule has 1 heterocycles. The highest BCUT2D eigenvalue weighted by molar-refractivity contribution is 5.94. The zero-order valence-electron chi connectivity index (χ0n) is 14.4. The van der Waals surface area contributed by atoms with Gasteiger partial charge in [0.05, 0.1) is 0 Å². The van der Waals surface area contributed by atoms with E-state index in [-0.39, 0.29) is 0 Å². The number of nitrogens with zero attached hydrogens (tertiary/aromatic N) is 2. The van der Waals surface area contributed by atoms with Crippen molar-refractivity contribution >= 4 is 16.5 Å². The normalized spacial score (nSPS) is 15.6. The van der Waals surface area contributed by atoms with Crippen molar-refractivity contribution in [3.8, 4) is 5.75 Å².